The van der Waals surface area contributed by atoms with Gasteiger partial charge >= 0.3 is 6.18 Å². The normalized spacial score (nSPS) is 13.8. The molecule has 0 aliphatic heterocycles. The van der Waals surface area contributed by atoms with Crippen LogP contribution in [0.4, 0.5) is 13.2 Å². The van der Waals surface area contributed by atoms with Crippen LogP contribution in [-0.4, -0.2) is 39.4 Å². The predicted molar refractivity (Wildman–Crippen MR) is 98.1 cm³/mol. The zero-order chi connectivity index (χ0) is 21.0. The number of alkyl halides is 3. The van der Waals surface area contributed by atoms with Crippen molar-refractivity contribution in [3.8, 4) is 5.88 Å². The highest BCUT2D eigenvalue weighted by atomic mass is 79.9. The smallest absolute Gasteiger partial charge is 0.422 e. The van der Waals surface area contributed by atoms with E-state index in [2.05, 4.69) is 40.9 Å². The number of nitrogens with zero attached hydrogens (tertiary/aromatic N) is 3. The van der Waals surface area contributed by atoms with Gasteiger partial charge in [0, 0.05) is 24.9 Å². The van der Waals surface area contributed by atoms with Gasteiger partial charge in [-0.25, -0.2) is 15.0 Å². The summed E-state index contributed by atoms with van der Waals surface area (Å²) in [5.41, 5.74) is 0.665. The Morgan fingerprint density at radius 2 is 2.03 bits per heavy atom. The van der Waals surface area contributed by atoms with Gasteiger partial charge in [0.05, 0.1) is 10.9 Å². The largest absolute Gasteiger partial charge is 0.467 e. The predicted octanol–water partition coefficient (Wildman–Crippen LogP) is 3.03. The number of nitrogens with one attached hydrogen (secondary N) is 1. The number of rotatable bonds is 8. The molecule has 1 aliphatic carbocycles. The Balaban J connectivity index is 1.56. The van der Waals surface area contributed by atoms with Crippen LogP contribution in [0.2, 0.25) is 0 Å². The lowest BCUT2D eigenvalue weighted by Crippen LogP contribution is -2.25. The molecule has 0 radical (unpaired) electrons. The molecule has 3 rings (SSSR count). The monoisotopic (exact) mass is 472 g/mol. The SMILES string of the molecule is O=C(NCc1cnc(OCC(F)(F)F)c(Br)c1)c1ccnc(CC(=O)C2CC2)n1. The molecule has 1 N–H and O–H groups in total. The Morgan fingerprint density at radius 3 is 2.69 bits per heavy atom. The van der Waals surface area contributed by atoms with E-state index >= 15 is 0 Å². The van der Waals surface area contributed by atoms with Crippen LogP contribution >= 0.6 is 15.9 Å². The molecular weight excluding hydrogens is 457 g/mol. The third-order valence-corrected chi connectivity index (χ3v) is 4.56. The summed E-state index contributed by atoms with van der Waals surface area (Å²) < 4.78 is 41.5. The van der Waals surface area contributed by atoms with Crippen LogP contribution in [0.15, 0.2) is 29.0 Å². The van der Waals surface area contributed by atoms with Crippen LogP contribution in [0.1, 0.15) is 34.7 Å². The number of hydrogen-bond acceptors (Lipinski definition) is 6. The molecule has 2 aromatic heterocycles. The van der Waals surface area contributed by atoms with E-state index in [1.165, 1.54) is 24.5 Å². The molecule has 11 heteroatoms. The van der Waals surface area contributed by atoms with E-state index in [1.54, 1.807) is 0 Å². The fourth-order valence-electron chi connectivity index (χ4n) is 2.41. The molecule has 7 nitrogen and oxygen atoms in total. The van der Waals surface area contributed by atoms with Crippen LogP contribution in [0, 0.1) is 5.92 Å². The first-order valence-electron chi connectivity index (χ1n) is 8.68. The molecule has 1 saturated carbocycles. The Morgan fingerprint density at radius 1 is 1.28 bits per heavy atom. The molecule has 1 aliphatic rings. The van der Waals surface area contributed by atoms with Gasteiger partial charge in [0.2, 0.25) is 5.88 Å². The van der Waals surface area contributed by atoms with Crippen LogP contribution in [-0.2, 0) is 17.8 Å². The minimum absolute atomic E-state index is 0.0737. The van der Waals surface area contributed by atoms with Crippen molar-refractivity contribution >= 4 is 27.6 Å². The zero-order valence-electron chi connectivity index (χ0n) is 15.0. The molecule has 0 saturated heterocycles. The topological polar surface area (TPSA) is 94.1 Å². The maximum absolute atomic E-state index is 12.3. The average Bonchev–Trinajstić information content (AvgIpc) is 3.50. The first-order valence-corrected chi connectivity index (χ1v) is 9.47. The van der Waals surface area contributed by atoms with Crippen molar-refractivity contribution in [3.05, 3.63) is 46.1 Å². The zero-order valence-corrected chi connectivity index (χ0v) is 16.6. The molecule has 0 spiro atoms. The van der Waals surface area contributed by atoms with Gasteiger partial charge in [-0.15, -0.1) is 0 Å². The second-order valence-electron chi connectivity index (χ2n) is 6.49. The second kappa shape index (κ2) is 8.85. The van der Waals surface area contributed by atoms with Crippen LogP contribution < -0.4 is 10.1 Å². The molecular formula is C18H16BrF3N4O3. The molecule has 154 valence electrons. The number of ketones is 1. The lowest BCUT2D eigenvalue weighted by Gasteiger charge is -2.11. The Bertz CT molecular complexity index is 919. The maximum Gasteiger partial charge on any atom is 0.422 e. The number of halogens is 4. The van der Waals surface area contributed by atoms with Crippen molar-refractivity contribution in [2.24, 2.45) is 5.92 Å². The minimum atomic E-state index is -4.46. The summed E-state index contributed by atoms with van der Waals surface area (Å²) in [6.45, 7) is -1.38. The number of pyridine rings is 1. The van der Waals surface area contributed by atoms with Gasteiger partial charge in [-0.05, 0) is 46.5 Å². The van der Waals surface area contributed by atoms with Crippen LogP contribution in [0.25, 0.3) is 0 Å². The Hall–Kier alpha value is -2.56. The molecule has 29 heavy (non-hydrogen) atoms. The number of hydrogen-bond donors (Lipinski definition) is 1. The molecule has 1 amide bonds. The molecule has 0 unspecified atom stereocenters. The average molecular weight is 473 g/mol. The summed E-state index contributed by atoms with van der Waals surface area (Å²) in [7, 11) is 0. The number of aromatic nitrogens is 3. The third-order valence-electron chi connectivity index (χ3n) is 3.99. The van der Waals surface area contributed by atoms with Gasteiger partial charge in [0.15, 0.2) is 6.61 Å². The van der Waals surface area contributed by atoms with Gasteiger partial charge in [-0.3, -0.25) is 9.59 Å². The lowest BCUT2D eigenvalue weighted by atomic mass is 10.2. The molecule has 0 atom stereocenters. The number of Topliss-reactive ketones (excluding diaryl/α,β-unsaturated/α-hetero) is 1. The molecule has 2 aromatic rings. The highest BCUT2D eigenvalue weighted by Crippen LogP contribution is 2.30. The van der Waals surface area contributed by atoms with Gasteiger partial charge in [0.25, 0.3) is 5.91 Å². The van der Waals surface area contributed by atoms with E-state index in [1.807, 2.05) is 0 Å². The van der Waals surface area contributed by atoms with E-state index < -0.39 is 18.7 Å². The lowest BCUT2D eigenvalue weighted by molar-refractivity contribution is -0.154. The molecule has 2 heterocycles. The quantitative estimate of drug-likeness (QED) is 0.634. The highest BCUT2D eigenvalue weighted by Gasteiger charge is 2.30. The second-order valence-corrected chi connectivity index (χ2v) is 7.35. The number of carbonyl (C=O) groups excluding carboxylic acids is 2. The number of amides is 1. The molecule has 0 aromatic carbocycles. The Kier molecular flexibility index (Phi) is 6.46. The third kappa shape index (κ3) is 6.48. The van der Waals surface area contributed by atoms with Crippen LogP contribution in [0.5, 0.6) is 5.88 Å². The van der Waals surface area contributed by atoms with Crippen molar-refractivity contribution in [1.82, 2.24) is 20.3 Å². The first kappa shape index (κ1) is 21.2. The van der Waals surface area contributed by atoms with Crippen molar-refractivity contribution < 1.29 is 27.5 Å². The number of carbonyl (C=O) groups is 2. The molecule has 0 bridgehead atoms. The summed E-state index contributed by atoms with van der Waals surface area (Å²) in [5.74, 6) is -0.208. The van der Waals surface area contributed by atoms with Crippen molar-refractivity contribution in [2.45, 2.75) is 32.0 Å². The standard InChI is InChI=1S/C18H16BrF3N4O3/c19-12-5-10(8-25-17(12)29-9-18(20,21)22)7-24-16(28)13-3-4-23-15(26-13)6-14(27)11-1-2-11/h3-5,8,11H,1-2,6-7,9H2,(H,24,28). The fourth-order valence-corrected chi connectivity index (χ4v) is 2.92. The summed E-state index contributed by atoms with van der Waals surface area (Å²) in [6, 6.07) is 2.93. The van der Waals surface area contributed by atoms with Crippen molar-refractivity contribution in [3.63, 3.8) is 0 Å². The van der Waals surface area contributed by atoms with Gasteiger partial charge in [-0.1, -0.05) is 0 Å². The Labute approximate surface area is 172 Å². The molecule has 1 fully saturated rings. The summed E-state index contributed by atoms with van der Waals surface area (Å²) >= 11 is 3.10. The van der Waals surface area contributed by atoms with E-state index in [-0.39, 0.29) is 40.7 Å². The fraction of sp³-hybridized carbons (Fsp3) is 0.389. The van der Waals surface area contributed by atoms with E-state index in [0.717, 1.165) is 12.8 Å². The van der Waals surface area contributed by atoms with Gasteiger partial charge in [-0.2, -0.15) is 13.2 Å². The summed E-state index contributed by atoms with van der Waals surface area (Å²) in [4.78, 5) is 36.1. The first-order chi connectivity index (χ1) is 13.7. The van der Waals surface area contributed by atoms with E-state index in [0.29, 0.717) is 11.4 Å². The van der Waals surface area contributed by atoms with Crippen molar-refractivity contribution in [1.29, 1.82) is 0 Å². The van der Waals surface area contributed by atoms with E-state index in [9.17, 15) is 22.8 Å². The van der Waals surface area contributed by atoms with Gasteiger partial charge in [0.1, 0.15) is 17.3 Å². The van der Waals surface area contributed by atoms with Crippen LogP contribution in [0.3, 0.4) is 0 Å². The summed E-state index contributed by atoms with van der Waals surface area (Å²) in [5, 5.41) is 2.64. The maximum atomic E-state index is 12.3. The van der Waals surface area contributed by atoms with Crippen molar-refractivity contribution in [2.75, 3.05) is 6.61 Å². The van der Waals surface area contributed by atoms with E-state index in [4.69, 9.17) is 0 Å². The summed E-state index contributed by atoms with van der Waals surface area (Å²) in [6.07, 6.45) is 0.138. The van der Waals surface area contributed by atoms with Gasteiger partial charge < -0.3 is 10.1 Å². The minimum Gasteiger partial charge on any atom is -0.467 e. The highest BCUT2D eigenvalue weighted by molar-refractivity contribution is 9.10. The number of ether oxygens (including phenoxy) is 1.